The van der Waals surface area contributed by atoms with Gasteiger partial charge in [0.2, 0.25) is 0 Å². The molecular weight excluding hydrogens is 255 g/mol. The maximum absolute atomic E-state index is 13.9. The molecule has 2 rings (SSSR count). The highest BCUT2D eigenvalue weighted by atomic mass is 19.1. The molecule has 0 saturated carbocycles. The van der Waals surface area contributed by atoms with Crippen LogP contribution in [0.1, 0.15) is 26.7 Å². The molecule has 1 aliphatic rings. The lowest BCUT2D eigenvalue weighted by Crippen LogP contribution is -2.26. The highest BCUT2D eigenvalue weighted by Crippen LogP contribution is 2.27. The summed E-state index contributed by atoms with van der Waals surface area (Å²) in [6.45, 7) is 8.68. The molecule has 1 saturated heterocycles. The van der Waals surface area contributed by atoms with E-state index in [1.807, 2.05) is 13.0 Å². The number of rotatable bonds is 7. The third-order valence-electron chi connectivity index (χ3n) is 3.73. The van der Waals surface area contributed by atoms with E-state index in [1.54, 1.807) is 12.1 Å². The van der Waals surface area contributed by atoms with Gasteiger partial charge in [-0.3, -0.25) is 0 Å². The Morgan fingerprint density at radius 1 is 1.40 bits per heavy atom. The number of halogens is 1. The van der Waals surface area contributed by atoms with Crippen molar-refractivity contribution in [2.75, 3.05) is 37.7 Å². The van der Waals surface area contributed by atoms with Crippen molar-refractivity contribution in [1.82, 2.24) is 5.32 Å². The standard InChI is InChI=1S/C16H25FN2O/c1-3-8-18-11-13-7-9-19(12-13)14-5-6-16(20-4-2)15(17)10-14/h5-6,10,13,18H,3-4,7-9,11-12H2,1-2H3. The topological polar surface area (TPSA) is 24.5 Å². The molecule has 1 aromatic carbocycles. The highest BCUT2D eigenvalue weighted by molar-refractivity contribution is 5.50. The van der Waals surface area contributed by atoms with E-state index < -0.39 is 0 Å². The van der Waals surface area contributed by atoms with Gasteiger partial charge in [-0.15, -0.1) is 0 Å². The van der Waals surface area contributed by atoms with Crippen molar-refractivity contribution in [3.05, 3.63) is 24.0 Å². The van der Waals surface area contributed by atoms with Crippen LogP contribution in [0.5, 0.6) is 5.75 Å². The van der Waals surface area contributed by atoms with Crippen LogP contribution in [-0.4, -0.2) is 32.8 Å². The van der Waals surface area contributed by atoms with Crippen molar-refractivity contribution in [3.63, 3.8) is 0 Å². The third-order valence-corrected chi connectivity index (χ3v) is 3.73. The molecule has 112 valence electrons. The predicted octanol–water partition coefficient (Wildman–Crippen LogP) is 3.05. The van der Waals surface area contributed by atoms with Crippen LogP contribution in [0.25, 0.3) is 0 Å². The number of anilines is 1. The van der Waals surface area contributed by atoms with Gasteiger partial charge in [-0.05, 0) is 50.9 Å². The summed E-state index contributed by atoms with van der Waals surface area (Å²) in [6, 6.07) is 5.28. The molecule has 1 heterocycles. The zero-order chi connectivity index (χ0) is 14.4. The van der Waals surface area contributed by atoms with E-state index in [-0.39, 0.29) is 5.82 Å². The van der Waals surface area contributed by atoms with Crippen molar-refractivity contribution in [2.45, 2.75) is 26.7 Å². The maximum Gasteiger partial charge on any atom is 0.167 e. The van der Waals surface area contributed by atoms with E-state index in [1.165, 1.54) is 12.8 Å². The normalized spacial score (nSPS) is 18.6. The number of hydrogen-bond acceptors (Lipinski definition) is 3. The van der Waals surface area contributed by atoms with Crippen LogP contribution in [0.4, 0.5) is 10.1 Å². The van der Waals surface area contributed by atoms with Gasteiger partial charge in [0.15, 0.2) is 11.6 Å². The molecule has 0 bridgehead atoms. The van der Waals surface area contributed by atoms with Crippen molar-refractivity contribution in [2.24, 2.45) is 5.92 Å². The van der Waals surface area contributed by atoms with Crippen LogP contribution in [0.15, 0.2) is 18.2 Å². The van der Waals surface area contributed by atoms with Gasteiger partial charge in [-0.25, -0.2) is 4.39 Å². The molecule has 3 nitrogen and oxygen atoms in total. The first-order chi connectivity index (χ1) is 9.74. The Balaban J connectivity index is 1.91. The van der Waals surface area contributed by atoms with Crippen LogP contribution in [-0.2, 0) is 0 Å². The van der Waals surface area contributed by atoms with Crippen molar-refractivity contribution in [1.29, 1.82) is 0 Å². The second-order valence-electron chi connectivity index (χ2n) is 5.35. The average Bonchev–Trinajstić information content (AvgIpc) is 2.90. The summed E-state index contributed by atoms with van der Waals surface area (Å²) in [5.41, 5.74) is 0.962. The molecule has 0 aromatic heterocycles. The van der Waals surface area contributed by atoms with Crippen LogP contribution >= 0.6 is 0 Å². The van der Waals surface area contributed by atoms with Gasteiger partial charge in [-0.2, -0.15) is 0 Å². The van der Waals surface area contributed by atoms with E-state index in [0.717, 1.165) is 31.9 Å². The first kappa shape index (κ1) is 15.1. The van der Waals surface area contributed by atoms with E-state index in [2.05, 4.69) is 17.1 Å². The fraction of sp³-hybridized carbons (Fsp3) is 0.625. The predicted molar refractivity (Wildman–Crippen MR) is 81.0 cm³/mol. The lowest BCUT2D eigenvalue weighted by Gasteiger charge is -2.19. The Labute approximate surface area is 121 Å². The monoisotopic (exact) mass is 280 g/mol. The molecule has 4 heteroatoms. The Kier molecular flexibility index (Phi) is 5.65. The summed E-state index contributed by atoms with van der Waals surface area (Å²) < 4.78 is 19.1. The number of ether oxygens (including phenoxy) is 1. The number of benzene rings is 1. The molecule has 1 unspecified atom stereocenters. The average molecular weight is 280 g/mol. The Hall–Kier alpha value is -1.29. The second kappa shape index (κ2) is 7.48. The lowest BCUT2D eigenvalue weighted by atomic mass is 10.1. The van der Waals surface area contributed by atoms with E-state index >= 15 is 0 Å². The zero-order valence-corrected chi connectivity index (χ0v) is 12.5. The first-order valence-electron chi connectivity index (χ1n) is 7.62. The van der Waals surface area contributed by atoms with Gasteiger partial charge in [0, 0.05) is 24.8 Å². The van der Waals surface area contributed by atoms with E-state index in [0.29, 0.717) is 18.3 Å². The zero-order valence-electron chi connectivity index (χ0n) is 12.5. The summed E-state index contributed by atoms with van der Waals surface area (Å²) in [6.07, 6.45) is 2.34. The largest absolute Gasteiger partial charge is 0.491 e. The minimum absolute atomic E-state index is 0.267. The van der Waals surface area contributed by atoms with Gasteiger partial charge in [0.05, 0.1) is 6.61 Å². The Morgan fingerprint density at radius 2 is 2.25 bits per heavy atom. The first-order valence-corrected chi connectivity index (χ1v) is 7.62. The molecule has 20 heavy (non-hydrogen) atoms. The van der Waals surface area contributed by atoms with Gasteiger partial charge in [0.25, 0.3) is 0 Å². The van der Waals surface area contributed by atoms with Crippen LogP contribution < -0.4 is 15.0 Å². The van der Waals surface area contributed by atoms with Crippen molar-refractivity contribution in [3.8, 4) is 5.75 Å². The lowest BCUT2D eigenvalue weighted by molar-refractivity contribution is 0.321. The quantitative estimate of drug-likeness (QED) is 0.777. The minimum atomic E-state index is -0.267. The maximum atomic E-state index is 13.9. The van der Waals surface area contributed by atoms with Crippen LogP contribution in [0.2, 0.25) is 0 Å². The second-order valence-corrected chi connectivity index (χ2v) is 5.35. The third kappa shape index (κ3) is 3.85. The molecule has 0 amide bonds. The molecule has 0 spiro atoms. The summed E-state index contributed by atoms with van der Waals surface area (Å²) in [5, 5.41) is 3.47. The molecule has 0 radical (unpaired) electrons. The highest BCUT2D eigenvalue weighted by Gasteiger charge is 2.22. The molecule has 1 aliphatic heterocycles. The molecule has 1 fully saturated rings. The molecule has 0 aliphatic carbocycles. The van der Waals surface area contributed by atoms with Crippen LogP contribution in [0, 0.1) is 11.7 Å². The van der Waals surface area contributed by atoms with Crippen molar-refractivity contribution >= 4 is 5.69 Å². The molecule has 1 atom stereocenters. The summed E-state index contributed by atoms with van der Waals surface area (Å²) in [7, 11) is 0. The summed E-state index contributed by atoms with van der Waals surface area (Å²) in [5.74, 6) is 0.740. The van der Waals surface area contributed by atoms with E-state index in [9.17, 15) is 4.39 Å². The smallest absolute Gasteiger partial charge is 0.167 e. The Bertz CT molecular complexity index is 425. The summed E-state index contributed by atoms with van der Waals surface area (Å²) >= 11 is 0. The van der Waals surface area contributed by atoms with Gasteiger partial charge >= 0.3 is 0 Å². The van der Waals surface area contributed by atoms with Crippen LogP contribution in [0.3, 0.4) is 0 Å². The fourth-order valence-electron chi connectivity index (χ4n) is 2.68. The summed E-state index contributed by atoms with van der Waals surface area (Å²) in [4.78, 5) is 2.26. The molecule has 1 N–H and O–H groups in total. The van der Waals surface area contributed by atoms with Gasteiger partial charge < -0.3 is 15.0 Å². The Morgan fingerprint density at radius 3 is 2.95 bits per heavy atom. The molecule has 1 aromatic rings. The van der Waals surface area contributed by atoms with Gasteiger partial charge in [-0.1, -0.05) is 6.92 Å². The number of hydrogen-bond donors (Lipinski definition) is 1. The number of nitrogens with one attached hydrogen (secondary N) is 1. The minimum Gasteiger partial charge on any atom is -0.491 e. The fourth-order valence-corrected chi connectivity index (χ4v) is 2.68. The molecular formula is C16H25FN2O. The number of nitrogens with zero attached hydrogens (tertiary/aromatic N) is 1. The SMILES string of the molecule is CCCNCC1CCN(c2ccc(OCC)c(F)c2)C1. The van der Waals surface area contributed by atoms with Crippen molar-refractivity contribution < 1.29 is 9.13 Å². The van der Waals surface area contributed by atoms with Gasteiger partial charge in [0.1, 0.15) is 0 Å². The van der Waals surface area contributed by atoms with E-state index in [4.69, 9.17) is 4.74 Å².